The summed E-state index contributed by atoms with van der Waals surface area (Å²) in [5.41, 5.74) is 16.1. The van der Waals surface area contributed by atoms with Crippen molar-refractivity contribution in [3.05, 3.63) is 122 Å². The first-order valence-electron chi connectivity index (χ1n) is 15.6. The number of hydrogen-bond donors (Lipinski definition) is 0. The molecule has 0 atom stereocenters. The molecule has 0 fully saturated rings. The predicted octanol–water partition coefficient (Wildman–Crippen LogP) is 6.85. The largest absolute Gasteiger partial charge is 0.345 e. The normalized spacial score (nSPS) is 13.9. The molecule has 11 rings (SSSR count). The minimum absolute atomic E-state index is 0.0982. The fourth-order valence-electron chi connectivity index (χ4n) is 8.72. The Balaban J connectivity index is 1.25. The minimum atomic E-state index is 0.0982. The lowest BCUT2D eigenvalue weighted by molar-refractivity contribution is 1.09. The highest BCUT2D eigenvalue weighted by atomic mass is 15.2. The van der Waals surface area contributed by atoms with E-state index in [1.807, 2.05) is 6.33 Å². The standard InChI is InChI=1S/C39H26BN5/c1-42-31-16-9-17-32-35(31)40(28-19-21-33-36(39(28)43(32)2)41-22-44(33)23-10-4-3-5-11-23)27-18-20-30-34(38(27)42)26-14-8-13-25-24-12-6-7-15-29(24)45(30)37(25)26/h3-22H,1-2H3. The molecule has 45 heavy (non-hydrogen) atoms. The van der Waals surface area contributed by atoms with Gasteiger partial charge in [-0.15, -0.1) is 0 Å². The van der Waals surface area contributed by atoms with Crippen molar-refractivity contribution in [2.45, 2.75) is 0 Å². The van der Waals surface area contributed by atoms with E-state index in [-0.39, 0.29) is 6.71 Å². The number of rotatable bonds is 1. The average molecular weight is 575 g/mol. The molecule has 0 spiro atoms. The topological polar surface area (TPSA) is 28.7 Å². The highest BCUT2D eigenvalue weighted by Crippen LogP contribution is 2.45. The number of nitrogens with zero attached hydrogens (tertiary/aromatic N) is 5. The molecule has 0 amide bonds. The molecule has 5 nitrogen and oxygen atoms in total. The Kier molecular flexibility index (Phi) is 4.23. The van der Waals surface area contributed by atoms with Crippen LogP contribution in [0.5, 0.6) is 0 Å². The molecule has 0 N–H and O–H groups in total. The maximum absolute atomic E-state index is 5.05. The van der Waals surface area contributed by atoms with Crippen molar-refractivity contribution >= 4 is 95.0 Å². The lowest BCUT2D eigenvalue weighted by Gasteiger charge is -2.42. The van der Waals surface area contributed by atoms with Gasteiger partial charge in [-0.3, -0.25) is 4.57 Å². The summed E-state index contributed by atoms with van der Waals surface area (Å²) in [5.74, 6) is 0. The predicted molar refractivity (Wildman–Crippen MR) is 189 cm³/mol. The number of hydrogen-bond acceptors (Lipinski definition) is 3. The van der Waals surface area contributed by atoms with Gasteiger partial charge in [-0.2, -0.15) is 0 Å². The van der Waals surface area contributed by atoms with Crippen LogP contribution in [0, 0.1) is 0 Å². The van der Waals surface area contributed by atoms with E-state index < -0.39 is 0 Å². The van der Waals surface area contributed by atoms with Crippen LogP contribution in [0.1, 0.15) is 0 Å². The smallest absolute Gasteiger partial charge is 0.252 e. The number of imidazole rings is 1. The molecule has 5 heterocycles. The average Bonchev–Trinajstić information content (AvgIpc) is 3.77. The fraction of sp³-hybridized carbons (Fsp3) is 0.0513. The van der Waals surface area contributed by atoms with Gasteiger partial charge in [0.25, 0.3) is 6.71 Å². The Morgan fingerprint density at radius 2 is 1.22 bits per heavy atom. The van der Waals surface area contributed by atoms with Gasteiger partial charge >= 0.3 is 0 Å². The van der Waals surface area contributed by atoms with E-state index in [9.17, 15) is 0 Å². The quantitative estimate of drug-likeness (QED) is 0.201. The molecule has 6 aromatic carbocycles. The first kappa shape index (κ1) is 23.7. The molecule has 0 aliphatic carbocycles. The maximum atomic E-state index is 5.05. The van der Waals surface area contributed by atoms with Gasteiger partial charge in [0, 0.05) is 58.4 Å². The second-order valence-electron chi connectivity index (χ2n) is 12.5. The zero-order valence-electron chi connectivity index (χ0n) is 24.9. The van der Waals surface area contributed by atoms with E-state index in [0.29, 0.717) is 0 Å². The molecule has 210 valence electrons. The third-order valence-electron chi connectivity index (χ3n) is 10.5. The molecule has 0 saturated carbocycles. The van der Waals surface area contributed by atoms with Crippen LogP contribution in [0.15, 0.2) is 122 Å². The van der Waals surface area contributed by atoms with Crippen LogP contribution in [-0.4, -0.2) is 34.8 Å². The number of fused-ring (bicyclic) bond motifs is 13. The zero-order valence-corrected chi connectivity index (χ0v) is 24.9. The van der Waals surface area contributed by atoms with Crippen LogP contribution >= 0.6 is 0 Å². The van der Waals surface area contributed by atoms with Crippen LogP contribution in [0.3, 0.4) is 0 Å². The van der Waals surface area contributed by atoms with E-state index in [1.165, 1.54) is 77.2 Å². The molecule has 6 heteroatoms. The van der Waals surface area contributed by atoms with Crippen LogP contribution in [-0.2, 0) is 0 Å². The molecule has 3 aromatic heterocycles. The monoisotopic (exact) mass is 575 g/mol. The summed E-state index contributed by atoms with van der Waals surface area (Å²) in [5, 5.41) is 5.26. The first-order chi connectivity index (χ1) is 22.2. The third-order valence-corrected chi connectivity index (χ3v) is 10.5. The summed E-state index contributed by atoms with van der Waals surface area (Å²) in [7, 11) is 4.44. The van der Waals surface area contributed by atoms with Crippen LogP contribution in [0.25, 0.3) is 54.8 Å². The van der Waals surface area contributed by atoms with Crippen molar-refractivity contribution in [3.63, 3.8) is 0 Å². The Hall–Kier alpha value is -5.75. The van der Waals surface area contributed by atoms with Gasteiger partial charge < -0.3 is 14.2 Å². The molecule has 0 saturated heterocycles. The van der Waals surface area contributed by atoms with Gasteiger partial charge in [0.05, 0.1) is 27.8 Å². The SMILES string of the molecule is CN1c2cccc3c2B(c2ccc4c(ncn4-c4ccccc4)c21)c1ccc2c(c1N3C)c1cccc3c4ccccc4n2c31. The van der Waals surface area contributed by atoms with Crippen molar-refractivity contribution < 1.29 is 0 Å². The second-order valence-corrected chi connectivity index (χ2v) is 12.5. The fourth-order valence-corrected chi connectivity index (χ4v) is 8.72. The Morgan fingerprint density at radius 3 is 2.07 bits per heavy atom. The number of aromatic nitrogens is 3. The lowest BCUT2D eigenvalue weighted by Crippen LogP contribution is -2.61. The van der Waals surface area contributed by atoms with Crippen molar-refractivity contribution in [1.29, 1.82) is 0 Å². The first-order valence-corrected chi connectivity index (χ1v) is 15.6. The maximum Gasteiger partial charge on any atom is 0.252 e. The number of benzene rings is 6. The minimum Gasteiger partial charge on any atom is -0.345 e. The van der Waals surface area contributed by atoms with Gasteiger partial charge in [0.1, 0.15) is 11.8 Å². The summed E-state index contributed by atoms with van der Waals surface area (Å²) in [4.78, 5) is 9.86. The molecule has 0 bridgehead atoms. The molecule has 9 aromatic rings. The highest BCUT2D eigenvalue weighted by molar-refractivity contribution is 7.00. The van der Waals surface area contributed by atoms with Crippen molar-refractivity contribution in [2.24, 2.45) is 0 Å². The number of anilines is 4. The highest BCUT2D eigenvalue weighted by Gasteiger charge is 2.43. The van der Waals surface area contributed by atoms with E-state index in [1.54, 1.807) is 0 Å². The molecular formula is C39H26BN5. The number of para-hydroxylation sites is 3. The summed E-state index contributed by atoms with van der Waals surface area (Å²) in [6, 6.07) is 42.2. The molecule has 0 radical (unpaired) electrons. The Labute approximate surface area is 259 Å². The molecule has 0 unspecified atom stereocenters. The summed E-state index contributed by atoms with van der Waals surface area (Å²) in [6.07, 6.45) is 1.97. The van der Waals surface area contributed by atoms with Gasteiger partial charge in [-0.05, 0) is 58.9 Å². The summed E-state index contributed by atoms with van der Waals surface area (Å²) >= 11 is 0. The van der Waals surface area contributed by atoms with E-state index >= 15 is 0 Å². The van der Waals surface area contributed by atoms with Gasteiger partial charge in [-0.1, -0.05) is 72.8 Å². The Bertz CT molecular complexity index is 2700. The van der Waals surface area contributed by atoms with Gasteiger partial charge in [0.15, 0.2) is 0 Å². The van der Waals surface area contributed by atoms with E-state index in [0.717, 1.165) is 16.7 Å². The summed E-state index contributed by atoms with van der Waals surface area (Å²) in [6.45, 7) is 0.0982. The van der Waals surface area contributed by atoms with Gasteiger partial charge in [-0.25, -0.2) is 4.98 Å². The van der Waals surface area contributed by atoms with Crippen LogP contribution in [0.2, 0.25) is 0 Å². The zero-order chi connectivity index (χ0) is 29.6. The third kappa shape index (κ3) is 2.71. The van der Waals surface area contributed by atoms with E-state index in [4.69, 9.17) is 4.98 Å². The molecule has 2 aliphatic heterocycles. The van der Waals surface area contributed by atoms with Crippen molar-refractivity contribution in [3.8, 4) is 5.69 Å². The van der Waals surface area contributed by atoms with Crippen LogP contribution < -0.4 is 26.2 Å². The molecular weight excluding hydrogens is 549 g/mol. The van der Waals surface area contributed by atoms with Crippen molar-refractivity contribution in [1.82, 2.24) is 14.0 Å². The molecule has 2 aliphatic rings. The van der Waals surface area contributed by atoms with Gasteiger partial charge in [0.2, 0.25) is 0 Å². The van der Waals surface area contributed by atoms with Crippen LogP contribution in [0.4, 0.5) is 22.7 Å². The Morgan fingerprint density at radius 1 is 0.556 bits per heavy atom. The van der Waals surface area contributed by atoms with E-state index in [2.05, 4.69) is 148 Å². The summed E-state index contributed by atoms with van der Waals surface area (Å²) < 4.78 is 4.68. The second kappa shape index (κ2) is 8.04. The lowest BCUT2D eigenvalue weighted by atomic mass is 9.33. The van der Waals surface area contributed by atoms with Crippen molar-refractivity contribution in [2.75, 3.05) is 23.9 Å².